The van der Waals surface area contributed by atoms with Crippen LogP contribution in [0, 0.1) is 6.92 Å². The molecule has 184 valence electrons. The first-order valence-corrected chi connectivity index (χ1v) is 12.2. The lowest BCUT2D eigenvalue weighted by Crippen LogP contribution is -2.30. The molecule has 0 aliphatic carbocycles. The lowest BCUT2D eigenvalue weighted by atomic mass is 10.0. The first-order chi connectivity index (χ1) is 17.4. The van der Waals surface area contributed by atoms with Crippen LogP contribution in [0.4, 0.5) is 11.4 Å². The highest BCUT2D eigenvalue weighted by Gasteiger charge is 2.17. The van der Waals surface area contributed by atoms with Crippen LogP contribution < -0.4 is 10.2 Å². The van der Waals surface area contributed by atoms with Gasteiger partial charge in [-0.25, -0.2) is 9.78 Å². The lowest BCUT2D eigenvalue weighted by molar-refractivity contribution is -0.119. The van der Waals surface area contributed by atoms with E-state index in [1.165, 1.54) is 0 Å². The third kappa shape index (κ3) is 5.71. The van der Waals surface area contributed by atoms with Crippen molar-refractivity contribution in [2.45, 2.75) is 33.7 Å². The zero-order chi connectivity index (χ0) is 25.7. The second-order valence-corrected chi connectivity index (χ2v) is 8.99. The van der Waals surface area contributed by atoms with Crippen LogP contribution in [0.15, 0.2) is 78.9 Å². The number of ether oxygens (including phenoxy) is 1. The summed E-state index contributed by atoms with van der Waals surface area (Å²) >= 11 is 0. The number of nitrogens with zero attached hydrogens (tertiary/aromatic N) is 2. The van der Waals surface area contributed by atoms with Gasteiger partial charge in [0.15, 0.2) is 6.61 Å². The maximum absolute atomic E-state index is 13.0. The number of aromatic nitrogens is 1. The molecule has 0 fully saturated rings. The van der Waals surface area contributed by atoms with Gasteiger partial charge >= 0.3 is 5.97 Å². The van der Waals surface area contributed by atoms with Crippen molar-refractivity contribution in [2.24, 2.45) is 0 Å². The third-order valence-corrected chi connectivity index (χ3v) is 6.06. The minimum Gasteiger partial charge on any atom is -0.452 e. The van der Waals surface area contributed by atoms with Crippen molar-refractivity contribution in [3.63, 3.8) is 0 Å². The van der Waals surface area contributed by atoms with E-state index in [4.69, 9.17) is 9.72 Å². The van der Waals surface area contributed by atoms with Crippen molar-refractivity contribution in [1.82, 2.24) is 4.98 Å². The summed E-state index contributed by atoms with van der Waals surface area (Å²) < 4.78 is 5.40. The van der Waals surface area contributed by atoms with Gasteiger partial charge in [-0.2, -0.15) is 0 Å². The van der Waals surface area contributed by atoms with Crippen molar-refractivity contribution in [2.75, 3.05) is 23.4 Å². The molecule has 36 heavy (non-hydrogen) atoms. The summed E-state index contributed by atoms with van der Waals surface area (Å²) in [5.41, 5.74) is 5.52. The van der Waals surface area contributed by atoms with Gasteiger partial charge in [-0.15, -0.1) is 0 Å². The average Bonchev–Trinajstić information content (AvgIpc) is 2.88. The smallest absolute Gasteiger partial charge is 0.339 e. The Morgan fingerprint density at radius 3 is 2.33 bits per heavy atom. The molecule has 4 rings (SSSR count). The topological polar surface area (TPSA) is 71.5 Å². The number of carbonyl (C=O) groups excluding carboxylic acids is 2. The molecule has 0 unspecified atom stereocenters. The van der Waals surface area contributed by atoms with Crippen molar-refractivity contribution in [3.05, 3.63) is 90.0 Å². The Bertz CT molecular complexity index is 1360. The largest absolute Gasteiger partial charge is 0.452 e. The molecule has 1 amide bonds. The molecule has 6 heteroatoms. The molecular formula is C30H31N3O3. The van der Waals surface area contributed by atoms with Gasteiger partial charge < -0.3 is 15.0 Å². The Labute approximate surface area is 211 Å². The van der Waals surface area contributed by atoms with Gasteiger partial charge in [0.2, 0.25) is 0 Å². The minimum absolute atomic E-state index is 0.377. The lowest BCUT2D eigenvalue weighted by Gasteiger charge is -2.27. The minimum atomic E-state index is -0.567. The van der Waals surface area contributed by atoms with E-state index in [2.05, 4.69) is 31.0 Å². The highest BCUT2D eigenvalue weighted by Crippen LogP contribution is 2.26. The van der Waals surface area contributed by atoms with Crippen LogP contribution in [-0.2, 0) is 9.53 Å². The predicted octanol–water partition coefficient (Wildman–Crippen LogP) is 6.24. The zero-order valence-electron chi connectivity index (χ0n) is 21.1. The highest BCUT2D eigenvalue weighted by atomic mass is 16.5. The van der Waals surface area contributed by atoms with Crippen LogP contribution in [0.5, 0.6) is 0 Å². The number of hydrogen-bond donors (Lipinski definition) is 1. The van der Waals surface area contributed by atoms with Gasteiger partial charge in [0, 0.05) is 34.9 Å². The molecule has 0 aliphatic rings. The molecule has 0 atom stereocenters. The predicted molar refractivity (Wildman–Crippen MR) is 145 cm³/mol. The van der Waals surface area contributed by atoms with Crippen LogP contribution in [0.2, 0.25) is 0 Å². The number of aryl methyl sites for hydroxylation is 1. The van der Waals surface area contributed by atoms with Crippen LogP contribution in [0.1, 0.15) is 36.7 Å². The second kappa shape index (κ2) is 11.0. The number of benzene rings is 3. The fraction of sp³-hybridized carbons (Fsp3) is 0.233. The van der Waals surface area contributed by atoms with E-state index in [1.54, 1.807) is 6.07 Å². The van der Waals surface area contributed by atoms with E-state index < -0.39 is 11.9 Å². The standard InChI is InChI=1S/C30H31N3O3/c1-5-33(20(2)3)24-16-14-23(15-17-24)31-29(34)19-36-30(35)26-18-28(22-12-10-21(4)11-13-22)32-27-9-7-6-8-25(26)27/h6-18,20H,5,19H2,1-4H3,(H,31,34). The van der Waals surface area contributed by atoms with Gasteiger partial charge in [-0.1, -0.05) is 48.0 Å². The molecule has 1 heterocycles. The van der Waals surface area contributed by atoms with Gasteiger partial charge in [-0.3, -0.25) is 4.79 Å². The summed E-state index contributed by atoms with van der Waals surface area (Å²) in [4.78, 5) is 32.5. The number of carbonyl (C=O) groups is 2. The van der Waals surface area contributed by atoms with E-state index in [0.29, 0.717) is 33.9 Å². The summed E-state index contributed by atoms with van der Waals surface area (Å²) in [6.45, 7) is 8.93. The number of anilines is 2. The third-order valence-electron chi connectivity index (χ3n) is 6.06. The van der Waals surface area contributed by atoms with E-state index >= 15 is 0 Å². The molecule has 0 saturated carbocycles. The number of hydrogen-bond acceptors (Lipinski definition) is 5. The molecule has 0 spiro atoms. The van der Waals surface area contributed by atoms with Crippen LogP contribution in [0.25, 0.3) is 22.2 Å². The van der Waals surface area contributed by atoms with Gasteiger partial charge in [0.25, 0.3) is 5.91 Å². The SMILES string of the molecule is CCN(c1ccc(NC(=O)COC(=O)c2cc(-c3ccc(C)cc3)nc3ccccc23)cc1)C(C)C. The van der Waals surface area contributed by atoms with Crippen LogP contribution in [-0.4, -0.2) is 36.1 Å². The fourth-order valence-corrected chi connectivity index (χ4v) is 4.20. The van der Waals surface area contributed by atoms with E-state index in [9.17, 15) is 9.59 Å². The highest BCUT2D eigenvalue weighted by molar-refractivity contribution is 6.05. The average molecular weight is 482 g/mol. The summed E-state index contributed by atoms with van der Waals surface area (Å²) in [6, 6.07) is 25.1. The summed E-state index contributed by atoms with van der Waals surface area (Å²) in [5, 5.41) is 3.48. The zero-order valence-corrected chi connectivity index (χ0v) is 21.1. The molecule has 0 bridgehead atoms. The fourth-order valence-electron chi connectivity index (χ4n) is 4.20. The number of esters is 1. The van der Waals surface area contributed by atoms with Crippen molar-refractivity contribution in [3.8, 4) is 11.3 Å². The monoisotopic (exact) mass is 481 g/mol. The molecule has 0 saturated heterocycles. The molecule has 0 radical (unpaired) electrons. The Balaban J connectivity index is 1.47. The summed E-state index contributed by atoms with van der Waals surface area (Å²) in [6.07, 6.45) is 0. The van der Waals surface area contributed by atoms with E-state index in [0.717, 1.165) is 23.4 Å². The molecule has 3 aromatic carbocycles. The molecule has 4 aromatic rings. The Morgan fingerprint density at radius 2 is 1.67 bits per heavy atom. The molecule has 6 nitrogen and oxygen atoms in total. The number of para-hydroxylation sites is 1. The van der Waals surface area contributed by atoms with Crippen LogP contribution >= 0.6 is 0 Å². The maximum atomic E-state index is 13.0. The molecule has 1 N–H and O–H groups in total. The Morgan fingerprint density at radius 1 is 0.972 bits per heavy atom. The number of amides is 1. The van der Waals surface area contributed by atoms with Crippen molar-refractivity contribution >= 4 is 34.2 Å². The van der Waals surface area contributed by atoms with Crippen LogP contribution in [0.3, 0.4) is 0 Å². The first-order valence-electron chi connectivity index (χ1n) is 12.2. The van der Waals surface area contributed by atoms with Crippen molar-refractivity contribution in [1.29, 1.82) is 0 Å². The van der Waals surface area contributed by atoms with Crippen molar-refractivity contribution < 1.29 is 14.3 Å². The van der Waals surface area contributed by atoms with Gasteiger partial charge in [0.05, 0.1) is 16.8 Å². The van der Waals surface area contributed by atoms with Gasteiger partial charge in [0.1, 0.15) is 0 Å². The Hall–Kier alpha value is -4.19. The number of rotatable bonds is 8. The molecule has 1 aromatic heterocycles. The number of nitrogens with one attached hydrogen (secondary N) is 1. The maximum Gasteiger partial charge on any atom is 0.339 e. The van der Waals surface area contributed by atoms with E-state index in [1.807, 2.05) is 79.7 Å². The van der Waals surface area contributed by atoms with Gasteiger partial charge in [-0.05, 0) is 64.1 Å². The summed E-state index contributed by atoms with van der Waals surface area (Å²) in [7, 11) is 0. The molecular weight excluding hydrogens is 450 g/mol. The summed E-state index contributed by atoms with van der Waals surface area (Å²) in [5.74, 6) is -0.965. The Kier molecular flexibility index (Phi) is 7.64. The quantitative estimate of drug-likeness (QED) is 0.302. The number of fused-ring (bicyclic) bond motifs is 1. The number of pyridine rings is 1. The normalized spacial score (nSPS) is 10.9. The van der Waals surface area contributed by atoms with E-state index in [-0.39, 0.29) is 6.61 Å². The first kappa shape index (κ1) is 24.9. The second-order valence-electron chi connectivity index (χ2n) is 8.99. The molecule has 0 aliphatic heterocycles.